The normalized spacial score (nSPS) is 24.5. The number of hydrogen-bond donors (Lipinski definition) is 1. The quantitative estimate of drug-likeness (QED) is 0.922. The van der Waals surface area contributed by atoms with Gasteiger partial charge in [0.1, 0.15) is 0 Å². The van der Waals surface area contributed by atoms with Crippen molar-refractivity contribution in [3.05, 3.63) is 34.3 Å². The summed E-state index contributed by atoms with van der Waals surface area (Å²) >= 11 is 3.44. The summed E-state index contributed by atoms with van der Waals surface area (Å²) in [5.74, 6) is 0.468. The van der Waals surface area contributed by atoms with Crippen molar-refractivity contribution in [2.24, 2.45) is 11.7 Å². The van der Waals surface area contributed by atoms with Crippen molar-refractivity contribution in [2.45, 2.75) is 12.6 Å². The van der Waals surface area contributed by atoms with Gasteiger partial charge in [0.2, 0.25) is 0 Å². The van der Waals surface area contributed by atoms with E-state index in [1.165, 1.54) is 5.56 Å². The third-order valence-corrected chi connectivity index (χ3v) is 3.69. The van der Waals surface area contributed by atoms with E-state index in [9.17, 15) is 0 Å². The van der Waals surface area contributed by atoms with Crippen molar-refractivity contribution in [3.8, 4) is 0 Å². The molecule has 2 unspecified atom stereocenters. The molecule has 0 radical (unpaired) electrons. The van der Waals surface area contributed by atoms with Crippen LogP contribution in [0.3, 0.4) is 0 Å². The topological polar surface area (TPSA) is 38.5 Å². The first-order valence-electron chi connectivity index (χ1n) is 5.91. The van der Waals surface area contributed by atoms with Crippen LogP contribution >= 0.6 is 15.9 Å². The van der Waals surface area contributed by atoms with Crippen molar-refractivity contribution in [2.75, 3.05) is 26.8 Å². The number of nitrogens with zero attached hydrogens (tertiary/aromatic N) is 1. The van der Waals surface area contributed by atoms with Gasteiger partial charge in [0.05, 0.1) is 13.2 Å². The molecular formula is C13H19BrN2O. The van der Waals surface area contributed by atoms with E-state index in [0.29, 0.717) is 12.5 Å². The summed E-state index contributed by atoms with van der Waals surface area (Å²) in [6, 6.07) is 8.64. The molecule has 1 fully saturated rings. The lowest BCUT2D eigenvalue weighted by molar-refractivity contribution is 0.172. The number of benzene rings is 1. The van der Waals surface area contributed by atoms with E-state index >= 15 is 0 Å². The van der Waals surface area contributed by atoms with Crippen LogP contribution in [0.1, 0.15) is 5.56 Å². The largest absolute Gasteiger partial charge is 0.379 e. The van der Waals surface area contributed by atoms with Crippen LogP contribution in [0.15, 0.2) is 28.7 Å². The Bertz CT molecular complexity index is 355. The highest BCUT2D eigenvalue weighted by Crippen LogP contribution is 2.15. The van der Waals surface area contributed by atoms with Crippen molar-refractivity contribution >= 4 is 15.9 Å². The first-order chi connectivity index (χ1) is 8.15. The number of halogens is 1. The van der Waals surface area contributed by atoms with Gasteiger partial charge in [-0.1, -0.05) is 28.1 Å². The van der Waals surface area contributed by atoms with Crippen LogP contribution in [0, 0.1) is 5.92 Å². The summed E-state index contributed by atoms with van der Waals surface area (Å²) in [6.45, 7) is 3.45. The van der Waals surface area contributed by atoms with Gasteiger partial charge >= 0.3 is 0 Å². The van der Waals surface area contributed by atoms with Crippen LogP contribution in [0.4, 0.5) is 0 Å². The molecule has 17 heavy (non-hydrogen) atoms. The maximum atomic E-state index is 5.98. The molecule has 0 bridgehead atoms. The number of hydrogen-bond acceptors (Lipinski definition) is 3. The first-order valence-corrected chi connectivity index (χ1v) is 6.71. The van der Waals surface area contributed by atoms with Crippen molar-refractivity contribution in [1.82, 2.24) is 4.90 Å². The van der Waals surface area contributed by atoms with E-state index in [1.807, 2.05) is 0 Å². The molecule has 0 amide bonds. The van der Waals surface area contributed by atoms with E-state index in [4.69, 9.17) is 10.5 Å². The third kappa shape index (κ3) is 3.78. The van der Waals surface area contributed by atoms with Crippen molar-refractivity contribution < 1.29 is 4.74 Å². The molecule has 2 N–H and O–H groups in total. The maximum Gasteiger partial charge on any atom is 0.0621 e. The minimum absolute atomic E-state index is 0.197. The summed E-state index contributed by atoms with van der Waals surface area (Å²) in [7, 11) is 2.13. The highest BCUT2D eigenvalue weighted by atomic mass is 79.9. The smallest absolute Gasteiger partial charge is 0.0621 e. The molecule has 0 aromatic heterocycles. The second-order valence-corrected chi connectivity index (χ2v) is 5.70. The van der Waals surface area contributed by atoms with Gasteiger partial charge in [0.25, 0.3) is 0 Å². The number of nitrogens with two attached hydrogens (primary N) is 1. The van der Waals surface area contributed by atoms with Crippen molar-refractivity contribution in [1.29, 1.82) is 0 Å². The summed E-state index contributed by atoms with van der Waals surface area (Å²) in [5.41, 5.74) is 7.31. The lowest BCUT2D eigenvalue weighted by atomic mass is 10.0. The monoisotopic (exact) mass is 298 g/mol. The van der Waals surface area contributed by atoms with Gasteiger partial charge in [-0.2, -0.15) is 0 Å². The Morgan fingerprint density at radius 3 is 2.65 bits per heavy atom. The molecular weight excluding hydrogens is 280 g/mol. The Kier molecular flexibility index (Phi) is 4.56. The Hall–Kier alpha value is -0.420. The van der Waals surface area contributed by atoms with Gasteiger partial charge in [0, 0.05) is 29.5 Å². The van der Waals surface area contributed by atoms with Gasteiger partial charge < -0.3 is 15.4 Å². The zero-order chi connectivity index (χ0) is 12.3. The Balaban J connectivity index is 1.84. The Morgan fingerprint density at radius 1 is 1.35 bits per heavy atom. The van der Waals surface area contributed by atoms with Crippen LogP contribution in [0.25, 0.3) is 0 Å². The molecule has 2 rings (SSSR count). The lowest BCUT2D eigenvalue weighted by Crippen LogP contribution is -2.36. The van der Waals surface area contributed by atoms with E-state index in [1.54, 1.807) is 0 Å². The average molecular weight is 299 g/mol. The SMILES string of the molecule is CN(Cc1ccc(Br)cc1)CC1COCC1N. The van der Waals surface area contributed by atoms with Gasteiger partial charge in [0.15, 0.2) is 0 Å². The average Bonchev–Trinajstić information content (AvgIpc) is 2.68. The van der Waals surface area contributed by atoms with E-state index < -0.39 is 0 Å². The third-order valence-electron chi connectivity index (χ3n) is 3.16. The summed E-state index contributed by atoms with van der Waals surface area (Å²) in [5, 5.41) is 0. The van der Waals surface area contributed by atoms with Gasteiger partial charge in [-0.15, -0.1) is 0 Å². The zero-order valence-electron chi connectivity index (χ0n) is 10.1. The molecule has 0 aliphatic carbocycles. The van der Waals surface area contributed by atoms with E-state index in [-0.39, 0.29) is 6.04 Å². The second kappa shape index (κ2) is 5.96. The fraction of sp³-hybridized carbons (Fsp3) is 0.538. The summed E-state index contributed by atoms with van der Waals surface area (Å²) in [4.78, 5) is 2.31. The molecule has 2 atom stereocenters. The molecule has 1 saturated heterocycles. The minimum atomic E-state index is 0.197. The predicted molar refractivity (Wildman–Crippen MR) is 72.8 cm³/mol. The standard InChI is InChI=1S/C13H19BrN2O/c1-16(7-11-8-17-9-13(11)15)6-10-2-4-12(14)5-3-10/h2-5,11,13H,6-9,15H2,1H3. The molecule has 1 aromatic rings. The summed E-state index contributed by atoms with van der Waals surface area (Å²) in [6.07, 6.45) is 0. The molecule has 3 nitrogen and oxygen atoms in total. The fourth-order valence-corrected chi connectivity index (χ4v) is 2.43. The van der Waals surface area contributed by atoms with Gasteiger partial charge in [-0.25, -0.2) is 0 Å². The number of ether oxygens (including phenoxy) is 1. The van der Waals surface area contributed by atoms with E-state index in [0.717, 1.165) is 24.2 Å². The zero-order valence-corrected chi connectivity index (χ0v) is 11.7. The van der Waals surface area contributed by atoms with E-state index in [2.05, 4.69) is 52.1 Å². The van der Waals surface area contributed by atoms with Crippen LogP contribution in [0.2, 0.25) is 0 Å². The molecule has 0 saturated carbocycles. The molecule has 4 heteroatoms. The Labute approximate surface area is 111 Å². The molecule has 1 aromatic carbocycles. The highest BCUT2D eigenvalue weighted by Gasteiger charge is 2.25. The van der Waals surface area contributed by atoms with Crippen LogP contribution in [-0.2, 0) is 11.3 Å². The van der Waals surface area contributed by atoms with Gasteiger partial charge in [-0.3, -0.25) is 0 Å². The van der Waals surface area contributed by atoms with Crippen molar-refractivity contribution in [3.63, 3.8) is 0 Å². The molecule has 94 valence electrons. The molecule has 0 spiro atoms. The first kappa shape index (κ1) is 13.0. The molecule has 1 heterocycles. The highest BCUT2D eigenvalue weighted by molar-refractivity contribution is 9.10. The fourth-order valence-electron chi connectivity index (χ4n) is 2.17. The molecule has 1 aliphatic rings. The summed E-state index contributed by atoms with van der Waals surface area (Å²) < 4.78 is 6.50. The lowest BCUT2D eigenvalue weighted by Gasteiger charge is -2.22. The Morgan fingerprint density at radius 2 is 2.06 bits per heavy atom. The van der Waals surface area contributed by atoms with Crippen LogP contribution < -0.4 is 5.73 Å². The van der Waals surface area contributed by atoms with Crippen LogP contribution in [-0.4, -0.2) is 37.7 Å². The van der Waals surface area contributed by atoms with Gasteiger partial charge in [-0.05, 0) is 24.7 Å². The predicted octanol–water partition coefficient (Wildman–Crippen LogP) is 1.85. The minimum Gasteiger partial charge on any atom is -0.379 e. The molecule has 1 aliphatic heterocycles. The number of rotatable bonds is 4. The maximum absolute atomic E-state index is 5.98. The van der Waals surface area contributed by atoms with Crippen LogP contribution in [0.5, 0.6) is 0 Å². The second-order valence-electron chi connectivity index (χ2n) is 4.78.